The second-order valence-corrected chi connectivity index (χ2v) is 3.56. The molecule has 1 heterocycles. The largest absolute Gasteiger partial charge is 0.493 e. The van der Waals surface area contributed by atoms with Gasteiger partial charge >= 0.3 is 0 Å². The molecule has 2 aromatic rings. The van der Waals surface area contributed by atoms with Crippen LogP contribution in [0.25, 0.3) is 5.69 Å². The molecule has 0 amide bonds. The molecule has 4 heteroatoms. The maximum atomic E-state index is 5.82. The zero-order valence-corrected chi connectivity index (χ0v) is 9.26. The molecule has 0 aliphatic heterocycles. The maximum Gasteiger partial charge on any atom is 0.123 e. The molecule has 0 aliphatic carbocycles. The average molecular weight is 217 g/mol. The molecule has 1 aromatic heterocycles. The molecule has 1 aromatic carbocycles. The van der Waals surface area contributed by atoms with E-state index in [1.165, 1.54) is 0 Å². The summed E-state index contributed by atoms with van der Waals surface area (Å²) in [5, 5.41) is 4.15. The smallest absolute Gasteiger partial charge is 0.123 e. The van der Waals surface area contributed by atoms with Gasteiger partial charge in [0.25, 0.3) is 0 Å². The lowest BCUT2D eigenvalue weighted by Crippen LogP contribution is -2.00. The van der Waals surface area contributed by atoms with Gasteiger partial charge in [-0.05, 0) is 18.6 Å². The molecule has 0 unspecified atom stereocenters. The Morgan fingerprint density at radius 2 is 2.25 bits per heavy atom. The molecular formula is C12H15N3O. The molecule has 0 fully saturated rings. The molecule has 0 saturated heterocycles. The zero-order valence-electron chi connectivity index (χ0n) is 9.26. The topological polar surface area (TPSA) is 53.1 Å². The zero-order chi connectivity index (χ0) is 11.4. The van der Waals surface area contributed by atoms with Crippen LogP contribution >= 0.6 is 0 Å². The van der Waals surface area contributed by atoms with Gasteiger partial charge in [-0.25, -0.2) is 4.68 Å². The van der Waals surface area contributed by atoms with Crippen LogP contribution in [-0.4, -0.2) is 16.4 Å². The van der Waals surface area contributed by atoms with Gasteiger partial charge in [0.2, 0.25) is 0 Å². The van der Waals surface area contributed by atoms with Crippen LogP contribution in [0.2, 0.25) is 0 Å². The van der Waals surface area contributed by atoms with Gasteiger partial charge in [0.1, 0.15) is 5.75 Å². The fourth-order valence-electron chi connectivity index (χ4n) is 1.46. The van der Waals surface area contributed by atoms with Crippen molar-refractivity contribution in [3.8, 4) is 11.4 Å². The summed E-state index contributed by atoms with van der Waals surface area (Å²) in [6, 6.07) is 7.49. The van der Waals surface area contributed by atoms with Crippen LogP contribution in [-0.2, 0) is 0 Å². The number of nitrogen functional groups attached to an aromatic ring is 1. The highest BCUT2D eigenvalue weighted by Crippen LogP contribution is 2.21. The molecule has 0 radical (unpaired) electrons. The standard InChI is InChI=1S/C12H15N3O/c1-2-6-16-12-8-10(13)7-11(9-12)15-5-3-4-14-15/h3-5,7-9H,2,6,13H2,1H3. The number of hydrogen-bond acceptors (Lipinski definition) is 3. The van der Waals surface area contributed by atoms with Gasteiger partial charge in [0, 0.05) is 30.2 Å². The van der Waals surface area contributed by atoms with Gasteiger partial charge in [-0.1, -0.05) is 6.92 Å². The Bertz CT molecular complexity index is 451. The minimum Gasteiger partial charge on any atom is -0.493 e. The number of ether oxygens (including phenoxy) is 1. The summed E-state index contributed by atoms with van der Waals surface area (Å²) in [6.07, 6.45) is 4.58. The lowest BCUT2D eigenvalue weighted by molar-refractivity contribution is 0.317. The van der Waals surface area contributed by atoms with E-state index >= 15 is 0 Å². The second-order valence-electron chi connectivity index (χ2n) is 3.56. The van der Waals surface area contributed by atoms with Crippen molar-refractivity contribution in [2.45, 2.75) is 13.3 Å². The Morgan fingerprint density at radius 3 is 2.94 bits per heavy atom. The van der Waals surface area contributed by atoms with Crippen molar-refractivity contribution in [1.82, 2.24) is 9.78 Å². The van der Waals surface area contributed by atoms with Gasteiger partial charge < -0.3 is 10.5 Å². The molecule has 2 rings (SSSR count). The number of rotatable bonds is 4. The van der Waals surface area contributed by atoms with E-state index in [-0.39, 0.29) is 0 Å². The van der Waals surface area contributed by atoms with Gasteiger partial charge in [-0.2, -0.15) is 5.10 Å². The Morgan fingerprint density at radius 1 is 1.38 bits per heavy atom. The van der Waals surface area contributed by atoms with Crippen molar-refractivity contribution in [3.63, 3.8) is 0 Å². The van der Waals surface area contributed by atoms with E-state index < -0.39 is 0 Å². The van der Waals surface area contributed by atoms with Crippen LogP contribution in [0.1, 0.15) is 13.3 Å². The third-order valence-corrected chi connectivity index (χ3v) is 2.16. The highest BCUT2D eigenvalue weighted by molar-refractivity contribution is 5.53. The van der Waals surface area contributed by atoms with Crippen molar-refractivity contribution in [3.05, 3.63) is 36.7 Å². The summed E-state index contributed by atoms with van der Waals surface area (Å²) >= 11 is 0. The summed E-state index contributed by atoms with van der Waals surface area (Å²) in [7, 11) is 0. The third-order valence-electron chi connectivity index (χ3n) is 2.16. The fraction of sp³-hybridized carbons (Fsp3) is 0.250. The number of anilines is 1. The van der Waals surface area contributed by atoms with Crippen molar-refractivity contribution < 1.29 is 4.74 Å². The summed E-state index contributed by atoms with van der Waals surface area (Å²) < 4.78 is 7.31. The van der Waals surface area contributed by atoms with Crippen LogP contribution in [0.15, 0.2) is 36.7 Å². The van der Waals surface area contributed by atoms with Crippen LogP contribution in [0.4, 0.5) is 5.69 Å². The fourth-order valence-corrected chi connectivity index (χ4v) is 1.46. The Kier molecular flexibility index (Phi) is 3.10. The first-order chi connectivity index (χ1) is 7.79. The molecule has 0 spiro atoms. The first-order valence-electron chi connectivity index (χ1n) is 5.33. The van der Waals surface area contributed by atoms with Crippen LogP contribution < -0.4 is 10.5 Å². The highest BCUT2D eigenvalue weighted by Gasteiger charge is 2.01. The van der Waals surface area contributed by atoms with Crippen LogP contribution in [0, 0.1) is 0 Å². The highest BCUT2D eigenvalue weighted by atomic mass is 16.5. The molecule has 0 atom stereocenters. The summed E-state index contributed by atoms with van der Waals surface area (Å²) in [5.41, 5.74) is 7.41. The Hall–Kier alpha value is -1.97. The predicted octanol–water partition coefficient (Wildman–Crippen LogP) is 2.24. The van der Waals surface area contributed by atoms with Gasteiger partial charge in [-0.3, -0.25) is 0 Å². The van der Waals surface area contributed by atoms with Crippen molar-refractivity contribution >= 4 is 5.69 Å². The Balaban J connectivity index is 2.29. The SMILES string of the molecule is CCCOc1cc(N)cc(-n2cccn2)c1. The van der Waals surface area contributed by atoms with Gasteiger partial charge in [-0.15, -0.1) is 0 Å². The number of benzene rings is 1. The van der Waals surface area contributed by atoms with Crippen molar-refractivity contribution in [1.29, 1.82) is 0 Å². The van der Waals surface area contributed by atoms with E-state index in [1.54, 1.807) is 10.9 Å². The number of hydrogen-bond donors (Lipinski definition) is 1. The summed E-state index contributed by atoms with van der Waals surface area (Å²) in [5.74, 6) is 0.785. The van der Waals surface area contributed by atoms with E-state index in [1.807, 2.05) is 30.5 Å². The predicted molar refractivity (Wildman–Crippen MR) is 63.8 cm³/mol. The normalized spacial score (nSPS) is 10.3. The minimum atomic E-state index is 0.680. The molecule has 0 aliphatic rings. The number of nitrogens with two attached hydrogens (primary N) is 1. The van der Waals surface area contributed by atoms with Gasteiger partial charge in [0.15, 0.2) is 0 Å². The average Bonchev–Trinajstić information content (AvgIpc) is 2.79. The molecular weight excluding hydrogens is 202 g/mol. The molecule has 84 valence electrons. The molecule has 4 nitrogen and oxygen atoms in total. The number of aromatic nitrogens is 2. The van der Waals surface area contributed by atoms with Crippen molar-refractivity contribution in [2.24, 2.45) is 0 Å². The first-order valence-corrected chi connectivity index (χ1v) is 5.33. The van der Waals surface area contributed by atoms with Crippen LogP contribution in [0.3, 0.4) is 0 Å². The quantitative estimate of drug-likeness (QED) is 0.799. The van der Waals surface area contributed by atoms with Crippen molar-refractivity contribution in [2.75, 3.05) is 12.3 Å². The van der Waals surface area contributed by atoms with E-state index in [2.05, 4.69) is 12.0 Å². The van der Waals surface area contributed by atoms with Gasteiger partial charge in [0.05, 0.1) is 12.3 Å². The lowest BCUT2D eigenvalue weighted by Gasteiger charge is -2.08. The van der Waals surface area contributed by atoms with E-state index in [0.717, 1.165) is 17.9 Å². The molecule has 0 bridgehead atoms. The Labute approximate surface area is 94.6 Å². The summed E-state index contributed by atoms with van der Waals surface area (Å²) in [4.78, 5) is 0. The third kappa shape index (κ3) is 2.34. The maximum absolute atomic E-state index is 5.82. The monoisotopic (exact) mass is 217 g/mol. The number of nitrogens with zero attached hydrogens (tertiary/aromatic N) is 2. The first kappa shape index (κ1) is 10.5. The van der Waals surface area contributed by atoms with E-state index in [0.29, 0.717) is 12.3 Å². The van der Waals surface area contributed by atoms with E-state index in [9.17, 15) is 0 Å². The molecule has 2 N–H and O–H groups in total. The molecule has 16 heavy (non-hydrogen) atoms. The molecule has 0 saturated carbocycles. The lowest BCUT2D eigenvalue weighted by atomic mass is 10.2. The minimum absolute atomic E-state index is 0.680. The summed E-state index contributed by atoms with van der Waals surface area (Å²) in [6.45, 7) is 2.77. The van der Waals surface area contributed by atoms with Crippen LogP contribution in [0.5, 0.6) is 5.75 Å². The second kappa shape index (κ2) is 4.70. The van der Waals surface area contributed by atoms with E-state index in [4.69, 9.17) is 10.5 Å².